The molecule has 9 aromatic carbocycles. The van der Waals surface area contributed by atoms with E-state index in [1.165, 1.54) is 134 Å². The van der Waals surface area contributed by atoms with Crippen molar-refractivity contribution in [2.45, 2.75) is 77.8 Å². The summed E-state index contributed by atoms with van der Waals surface area (Å²) in [5, 5.41) is 22.3. The molecule has 0 unspecified atom stereocenters. The topological polar surface area (TPSA) is 0 Å². The number of rotatable bonds is 6. The molecule has 9 rings (SSSR count). The van der Waals surface area contributed by atoms with Gasteiger partial charge in [0.2, 0.25) is 0 Å². The SMILES string of the molecule is CC[Si](C#Cc1c2cccc3c4ccc5c(C#C[Si](CC)(CC)CC)c6cccc7c8ccc1c1c8c(c67)c5c4c1c23)(CC)CC. The minimum Gasteiger partial charge on any atom is -0.126 e. The van der Waals surface area contributed by atoms with E-state index in [1.54, 1.807) is 0 Å². The maximum absolute atomic E-state index is 3.99. The summed E-state index contributed by atoms with van der Waals surface area (Å²) in [4.78, 5) is 0. The number of hydrogen-bond donors (Lipinski definition) is 0. The fourth-order valence-corrected chi connectivity index (χ4v) is 14.2. The molecule has 0 amide bonds. The lowest BCUT2D eigenvalue weighted by molar-refractivity contribution is 1.20. The van der Waals surface area contributed by atoms with E-state index in [0.717, 1.165) is 0 Å². The fourth-order valence-electron chi connectivity index (χ4n) is 9.35. The van der Waals surface area contributed by atoms with E-state index in [9.17, 15) is 0 Å². The highest BCUT2D eigenvalue weighted by atomic mass is 28.3. The maximum atomic E-state index is 3.99. The fraction of sp³-hybridized carbons (Fsp3) is 0.273. The second-order valence-electron chi connectivity index (χ2n) is 14.0. The zero-order valence-electron chi connectivity index (χ0n) is 28.0. The smallest absolute Gasteiger partial charge is 0.126 e. The summed E-state index contributed by atoms with van der Waals surface area (Å²) in [6.07, 6.45) is 0. The van der Waals surface area contributed by atoms with Crippen molar-refractivity contribution >= 4 is 102 Å². The first-order valence-corrected chi connectivity index (χ1v) is 22.9. The van der Waals surface area contributed by atoms with Gasteiger partial charge in [0, 0.05) is 11.1 Å². The van der Waals surface area contributed by atoms with Gasteiger partial charge in [-0.2, -0.15) is 0 Å². The van der Waals surface area contributed by atoms with Crippen LogP contribution in [0.25, 0.3) is 86.2 Å². The van der Waals surface area contributed by atoms with Crippen LogP contribution in [0.3, 0.4) is 0 Å². The van der Waals surface area contributed by atoms with Gasteiger partial charge in [-0.1, -0.05) is 114 Å². The monoisotopic (exact) mass is 624 g/mol. The third-order valence-corrected chi connectivity index (χ3v) is 22.1. The molecule has 0 saturated carbocycles. The second-order valence-corrected chi connectivity index (χ2v) is 23.8. The second kappa shape index (κ2) is 9.71. The zero-order valence-corrected chi connectivity index (χ0v) is 30.0. The molecule has 0 aliphatic rings. The molecule has 2 heteroatoms. The molecule has 46 heavy (non-hydrogen) atoms. The van der Waals surface area contributed by atoms with Crippen molar-refractivity contribution in [3.63, 3.8) is 0 Å². The quantitative estimate of drug-likeness (QED) is 0.0747. The van der Waals surface area contributed by atoms with Crippen LogP contribution in [0.15, 0.2) is 60.7 Å². The molecule has 224 valence electrons. The van der Waals surface area contributed by atoms with E-state index >= 15 is 0 Å². The molecule has 0 aliphatic carbocycles. The van der Waals surface area contributed by atoms with Crippen LogP contribution < -0.4 is 0 Å². The van der Waals surface area contributed by atoms with Crippen LogP contribution in [-0.2, 0) is 0 Å². The van der Waals surface area contributed by atoms with E-state index in [1.807, 2.05) is 0 Å². The van der Waals surface area contributed by atoms with E-state index in [0.29, 0.717) is 0 Å². The largest absolute Gasteiger partial charge is 0.138 e. The Bertz CT molecular complexity index is 2510. The van der Waals surface area contributed by atoms with Crippen LogP contribution >= 0.6 is 0 Å². The summed E-state index contributed by atoms with van der Waals surface area (Å²) in [7, 11) is -3.27. The van der Waals surface area contributed by atoms with Crippen LogP contribution in [0.4, 0.5) is 0 Å². The van der Waals surface area contributed by atoms with Crippen molar-refractivity contribution < 1.29 is 0 Å². The highest BCUT2D eigenvalue weighted by molar-refractivity contribution is 6.87. The lowest BCUT2D eigenvalue weighted by atomic mass is 9.85. The molecule has 0 nitrogen and oxygen atoms in total. The lowest BCUT2D eigenvalue weighted by Crippen LogP contribution is -2.29. The van der Waals surface area contributed by atoms with Crippen molar-refractivity contribution in [1.82, 2.24) is 0 Å². The highest BCUT2D eigenvalue weighted by Crippen LogP contribution is 2.57. The lowest BCUT2D eigenvalue weighted by Gasteiger charge is -2.21. The molecule has 0 radical (unpaired) electrons. The van der Waals surface area contributed by atoms with E-state index in [4.69, 9.17) is 0 Å². The summed E-state index contributed by atoms with van der Waals surface area (Å²) >= 11 is 0. The maximum Gasteiger partial charge on any atom is 0.138 e. The first kappa shape index (κ1) is 28.2. The Hall–Kier alpha value is -4.09. The van der Waals surface area contributed by atoms with Crippen molar-refractivity contribution in [1.29, 1.82) is 0 Å². The van der Waals surface area contributed by atoms with Crippen LogP contribution in [0.5, 0.6) is 0 Å². The Balaban J connectivity index is 1.54. The summed E-state index contributed by atoms with van der Waals surface area (Å²) in [6.45, 7) is 14.2. The molecular weight excluding hydrogens is 585 g/mol. The van der Waals surface area contributed by atoms with Gasteiger partial charge < -0.3 is 0 Å². The first-order chi connectivity index (χ1) is 22.5. The van der Waals surface area contributed by atoms with Gasteiger partial charge in [-0.25, -0.2) is 0 Å². The van der Waals surface area contributed by atoms with E-state index in [-0.39, 0.29) is 0 Å². The molecule has 0 atom stereocenters. The molecular formula is C44H40Si2. The van der Waals surface area contributed by atoms with Crippen molar-refractivity contribution in [3.8, 4) is 22.9 Å². The summed E-state index contributed by atoms with van der Waals surface area (Å²) in [5.41, 5.74) is 10.5. The number of benzene rings is 7. The van der Waals surface area contributed by atoms with Crippen molar-refractivity contribution in [2.24, 2.45) is 0 Å². The van der Waals surface area contributed by atoms with Gasteiger partial charge >= 0.3 is 0 Å². The molecule has 0 bridgehead atoms. The normalized spacial score (nSPS) is 13.2. The average Bonchev–Trinajstić information content (AvgIpc) is 3.64. The minimum absolute atomic E-state index is 1.22. The minimum atomic E-state index is -1.63. The van der Waals surface area contributed by atoms with Crippen LogP contribution in [0.1, 0.15) is 52.7 Å². The summed E-state index contributed by atoms with van der Waals surface area (Å²) in [5.74, 6) is 7.84. The van der Waals surface area contributed by atoms with Crippen molar-refractivity contribution in [2.75, 3.05) is 0 Å². The zero-order chi connectivity index (χ0) is 31.5. The Morgan fingerprint density at radius 1 is 0.348 bits per heavy atom. The molecule has 0 N–H and O–H groups in total. The van der Waals surface area contributed by atoms with Gasteiger partial charge in [0.05, 0.1) is 0 Å². The van der Waals surface area contributed by atoms with Gasteiger partial charge in [-0.15, -0.1) is 11.1 Å². The van der Waals surface area contributed by atoms with Gasteiger partial charge in [0.25, 0.3) is 0 Å². The van der Waals surface area contributed by atoms with E-state index in [2.05, 4.69) is 125 Å². The number of fused-ring (bicyclic) bond motifs is 2. The first-order valence-electron chi connectivity index (χ1n) is 17.7. The van der Waals surface area contributed by atoms with Gasteiger partial charge in [0.1, 0.15) is 16.1 Å². The van der Waals surface area contributed by atoms with Crippen molar-refractivity contribution in [3.05, 3.63) is 71.8 Å². The molecule has 0 spiro atoms. The molecule has 0 saturated heterocycles. The van der Waals surface area contributed by atoms with Crippen LogP contribution in [0.2, 0.25) is 36.3 Å². The summed E-state index contributed by atoms with van der Waals surface area (Å²) < 4.78 is 0. The molecule has 0 aliphatic heterocycles. The summed E-state index contributed by atoms with van der Waals surface area (Å²) in [6, 6.07) is 30.9. The predicted molar refractivity (Wildman–Crippen MR) is 211 cm³/mol. The Morgan fingerprint density at radius 2 is 0.630 bits per heavy atom. The highest BCUT2D eigenvalue weighted by Gasteiger charge is 2.31. The molecule has 0 fully saturated rings. The van der Waals surface area contributed by atoms with Gasteiger partial charge in [-0.05, 0) is 122 Å². The Morgan fingerprint density at radius 3 is 1.00 bits per heavy atom. The van der Waals surface area contributed by atoms with E-state index < -0.39 is 16.1 Å². The van der Waals surface area contributed by atoms with Crippen LogP contribution in [-0.4, -0.2) is 16.1 Å². The Kier molecular flexibility index (Phi) is 5.95. The number of hydrogen-bond acceptors (Lipinski definition) is 0. The molecule has 9 aromatic rings. The molecule has 0 heterocycles. The standard InChI is InChI=1S/C44H40Si2/c1-7-45(8-2,9-3)25-23-27-29-15-13-17-31-36-22-20-34-28(24-26-46(10-4,11-5)12-6)30-16-14-18-32-35-21-19-33(27)39-41(35)44(38(30)32)40(34)42(36)43(39)37(29)31/h13-22H,7-12H2,1-6H3. The third-order valence-electron chi connectivity index (χ3n) is 12.7. The third kappa shape index (κ3) is 3.27. The molecule has 0 aromatic heterocycles. The van der Waals surface area contributed by atoms with Crippen LogP contribution in [0, 0.1) is 22.9 Å². The predicted octanol–water partition coefficient (Wildman–Crippen LogP) is 12.9. The van der Waals surface area contributed by atoms with Gasteiger partial charge in [-0.3, -0.25) is 0 Å². The van der Waals surface area contributed by atoms with Gasteiger partial charge in [0.15, 0.2) is 0 Å². The average molecular weight is 625 g/mol. The Labute approximate surface area is 273 Å².